The molecule has 4 aromatic rings. The fourth-order valence-electron chi connectivity index (χ4n) is 4.57. The number of thiazole rings is 1. The average Bonchev–Trinajstić information content (AvgIpc) is 3.66. The van der Waals surface area contributed by atoms with Gasteiger partial charge in [-0.05, 0) is 49.9 Å². The van der Waals surface area contributed by atoms with Crippen LogP contribution < -0.4 is 21.3 Å². The van der Waals surface area contributed by atoms with Gasteiger partial charge in [0, 0.05) is 18.5 Å². The summed E-state index contributed by atoms with van der Waals surface area (Å²) in [6.45, 7) is 2.02. The molecule has 0 unspecified atom stereocenters. The van der Waals surface area contributed by atoms with Crippen LogP contribution in [0, 0.1) is 0 Å². The molecule has 2 bridgehead atoms. The van der Waals surface area contributed by atoms with Gasteiger partial charge in [-0.1, -0.05) is 30.3 Å². The van der Waals surface area contributed by atoms with E-state index in [2.05, 4.69) is 31.2 Å². The Labute approximate surface area is 240 Å². The minimum Gasteiger partial charge on any atom is -0.446 e. The van der Waals surface area contributed by atoms with E-state index >= 15 is 0 Å². The van der Waals surface area contributed by atoms with E-state index in [0.29, 0.717) is 37.8 Å². The summed E-state index contributed by atoms with van der Waals surface area (Å²) in [4.78, 5) is 60.9. The largest absolute Gasteiger partial charge is 0.446 e. The standard InChI is InChI=1S/C29H30N6O5S/c1-17-29-35-23(15-40-29)28(39)34-22(13-18-7-3-2-4-8-18)26(37)30-12-6-5-9-21(27(38)32-17)33-25(36)19-10-11-20-24(14-19)41-16-31-20/h2-4,7-8,10-11,14-17,21-22H,5-6,9,12-13H2,1H3,(H,30,37)(H,32,38)(H,33,36)(H,34,39)/t17-,21-,22-/m0/s1. The summed E-state index contributed by atoms with van der Waals surface area (Å²) in [6, 6.07) is 12.3. The molecule has 0 aliphatic carbocycles. The Morgan fingerprint density at radius 2 is 1.90 bits per heavy atom. The lowest BCUT2D eigenvalue weighted by Crippen LogP contribution is -2.49. The second-order valence-corrected chi connectivity index (χ2v) is 10.8. The highest BCUT2D eigenvalue weighted by molar-refractivity contribution is 7.16. The number of amides is 4. The Kier molecular flexibility index (Phi) is 8.68. The molecule has 41 heavy (non-hydrogen) atoms. The summed E-state index contributed by atoms with van der Waals surface area (Å²) >= 11 is 1.43. The lowest BCUT2D eigenvalue weighted by atomic mass is 10.0. The zero-order chi connectivity index (χ0) is 28.8. The molecule has 2 aromatic carbocycles. The predicted octanol–water partition coefficient (Wildman–Crippen LogP) is 2.90. The number of aromatic nitrogens is 2. The molecule has 0 spiro atoms. The SMILES string of the molecule is C[C@@H]1NC(=O)[C@@H](NC(=O)c2ccc3ncsc3c2)CCCCNC(=O)[C@H](Cc2ccccc2)NC(=O)c2coc1n2. The number of fused-ring (bicyclic) bond motifs is 3. The van der Waals surface area contributed by atoms with Gasteiger partial charge >= 0.3 is 0 Å². The molecular weight excluding hydrogens is 544 g/mol. The van der Waals surface area contributed by atoms with Gasteiger partial charge in [-0.25, -0.2) is 9.97 Å². The second-order valence-electron chi connectivity index (χ2n) is 9.86. The lowest BCUT2D eigenvalue weighted by molar-refractivity contribution is -0.124. The number of carbonyl (C=O) groups excluding carboxylic acids is 4. The van der Waals surface area contributed by atoms with Gasteiger partial charge in [-0.15, -0.1) is 11.3 Å². The van der Waals surface area contributed by atoms with Crippen LogP contribution in [-0.4, -0.2) is 52.2 Å². The summed E-state index contributed by atoms with van der Waals surface area (Å²) < 4.78 is 6.37. The van der Waals surface area contributed by atoms with E-state index in [0.717, 1.165) is 15.8 Å². The molecule has 11 nitrogen and oxygen atoms in total. The molecule has 0 saturated heterocycles. The van der Waals surface area contributed by atoms with Crippen molar-refractivity contribution in [2.75, 3.05) is 6.54 Å². The first-order valence-corrected chi connectivity index (χ1v) is 14.3. The molecule has 4 amide bonds. The van der Waals surface area contributed by atoms with Gasteiger partial charge in [-0.2, -0.15) is 0 Å². The van der Waals surface area contributed by atoms with Gasteiger partial charge in [0.25, 0.3) is 11.8 Å². The maximum Gasteiger partial charge on any atom is 0.273 e. The van der Waals surface area contributed by atoms with Crippen molar-refractivity contribution in [3.05, 3.63) is 83.0 Å². The van der Waals surface area contributed by atoms with Crippen molar-refractivity contribution in [2.45, 2.75) is 50.7 Å². The maximum absolute atomic E-state index is 13.3. The van der Waals surface area contributed by atoms with Gasteiger partial charge in [0.15, 0.2) is 5.69 Å². The smallest absolute Gasteiger partial charge is 0.273 e. The number of nitrogens with zero attached hydrogens (tertiary/aromatic N) is 2. The van der Waals surface area contributed by atoms with Crippen LogP contribution in [0.15, 0.2) is 64.7 Å². The Hall–Kier alpha value is -4.58. The van der Waals surface area contributed by atoms with Crippen molar-refractivity contribution in [1.29, 1.82) is 0 Å². The highest BCUT2D eigenvalue weighted by atomic mass is 32.1. The van der Waals surface area contributed by atoms with Crippen LogP contribution in [-0.2, 0) is 16.0 Å². The zero-order valence-electron chi connectivity index (χ0n) is 22.4. The summed E-state index contributed by atoms with van der Waals surface area (Å²) in [5, 5.41) is 11.3. The Morgan fingerprint density at radius 1 is 1.07 bits per heavy atom. The molecule has 4 N–H and O–H groups in total. The third-order valence-electron chi connectivity index (χ3n) is 6.82. The summed E-state index contributed by atoms with van der Waals surface area (Å²) in [7, 11) is 0. The van der Waals surface area contributed by atoms with Crippen molar-refractivity contribution < 1.29 is 23.6 Å². The normalized spacial score (nSPS) is 20.6. The Morgan fingerprint density at radius 3 is 2.73 bits per heavy atom. The first kappa shape index (κ1) is 28.0. The number of hydrogen-bond acceptors (Lipinski definition) is 8. The van der Waals surface area contributed by atoms with Gasteiger partial charge in [0.2, 0.25) is 17.7 Å². The molecule has 2 aromatic heterocycles. The third kappa shape index (κ3) is 6.95. The van der Waals surface area contributed by atoms with Crippen LogP contribution in [0.25, 0.3) is 10.2 Å². The molecule has 0 saturated carbocycles. The summed E-state index contributed by atoms with van der Waals surface area (Å²) in [6.07, 6.45) is 2.97. The lowest BCUT2D eigenvalue weighted by Gasteiger charge is -2.21. The third-order valence-corrected chi connectivity index (χ3v) is 7.61. The molecule has 1 aliphatic rings. The van der Waals surface area contributed by atoms with Gasteiger partial charge in [0.1, 0.15) is 24.4 Å². The van der Waals surface area contributed by atoms with Gasteiger partial charge in [0.05, 0.1) is 15.7 Å². The van der Waals surface area contributed by atoms with Gasteiger partial charge in [-0.3, -0.25) is 19.2 Å². The zero-order valence-corrected chi connectivity index (χ0v) is 23.2. The van der Waals surface area contributed by atoms with Crippen LogP contribution in [0.1, 0.15) is 64.5 Å². The molecule has 0 fully saturated rings. The Bertz CT molecular complexity index is 1550. The Balaban J connectivity index is 1.33. The van der Waals surface area contributed by atoms with Crippen molar-refractivity contribution >= 4 is 45.2 Å². The fourth-order valence-corrected chi connectivity index (χ4v) is 5.29. The molecule has 5 rings (SSSR count). The maximum atomic E-state index is 13.3. The van der Waals surface area contributed by atoms with E-state index in [9.17, 15) is 19.2 Å². The number of hydrogen-bond donors (Lipinski definition) is 4. The molecule has 212 valence electrons. The minimum absolute atomic E-state index is 0.0117. The predicted molar refractivity (Wildman–Crippen MR) is 152 cm³/mol. The molecule has 12 heteroatoms. The van der Waals surface area contributed by atoms with Gasteiger partial charge < -0.3 is 25.7 Å². The quantitative estimate of drug-likeness (QED) is 0.292. The number of oxazole rings is 1. The van der Waals surface area contributed by atoms with Crippen molar-refractivity contribution in [2.24, 2.45) is 0 Å². The first-order chi connectivity index (χ1) is 19.9. The number of rotatable bonds is 4. The van der Waals surface area contributed by atoms with Crippen molar-refractivity contribution in [1.82, 2.24) is 31.2 Å². The van der Waals surface area contributed by atoms with E-state index in [4.69, 9.17) is 4.42 Å². The number of nitrogens with one attached hydrogen (secondary N) is 4. The fraction of sp³-hybridized carbons (Fsp3) is 0.310. The second kappa shape index (κ2) is 12.7. The van der Waals surface area contributed by atoms with Crippen LogP contribution in [0.4, 0.5) is 0 Å². The number of carbonyl (C=O) groups is 4. The highest BCUT2D eigenvalue weighted by Gasteiger charge is 2.27. The van der Waals surface area contributed by atoms with E-state index < -0.39 is 29.9 Å². The summed E-state index contributed by atoms with van der Waals surface area (Å²) in [5.41, 5.74) is 3.82. The monoisotopic (exact) mass is 574 g/mol. The highest BCUT2D eigenvalue weighted by Crippen LogP contribution is 2.20. The van der Waals surface area contributed by atoms with Crippen LogP contribution in [0.2, 0.25) is 0 Å². The molecule has 3 atom stereocenters. The first-order valence-electron chi connectivity index (χ1n) is 13.4. The average molecular weight is 575 g/mol. The summed E-state index contributed by atoms with van der Waals surface area (Å²) in [5.74, 6) is -1.56. The number of benzene rings is 2. The van der Waals surface area contributed by atoms with Crippen LogP contribution >= 0.6 is 11.3 Å². The molecule has 1 aliphatic heterocycles. The molecular formula is C29H30N6O5S. The van der Waals surface area contributed by atoms with Crippen LogP contribution in [0.5, 0.6) is 0 Å². The molecule has 0 radical (unpaired) electrons. The van der Waals surface area contributed by atoms with E-state index in [-0.39, 0.29) is 23.4 Å². The topological polar surface area (TPSA) is 155 Å². The van der Waals surface area contributed by atoms with E-state index in [1.165, 1.54) is 17.6 Å². The molecule has 3 heterocycles. The van der Waals surface area contributed by atoms with Crippen molar-refractivity contribution in [3.8, 4) is 0 Å². The minimum atomic E-state index is -0.839. The van der Waals surface area contributed by atoms with E-state index in [1.807, 2.05) is 30.3 Å². The van der Waals surface area contributed by atoms with E-state index in [1.54, 1.807) is 30.6 Å². The van der Waals surface area contributed by atoms with Crippen molar-refractivity contribution in [3.63, 3.8) is 0 Å². The van der Waals surface area contributed by atoms with Crippen LogP contribution in [0.3, 0.4) is 0 Å².